The van der Waals surface area contributed by atoms with Crippen LogP contribution < -0.4 is 9.75 Å². The summed E-state index contributed by atoms with van der Waals surface area (Å²) in [6, 6.07) is 11.0. The van der Waals surface area contributed by atoms with Crippen LogP contribution in [0.15, 0.2) is 53.7 Å². The minimum Gasteiger partial charge on any atom is -0.484 e. The molecule has 0 fully saturated rings. The SMILES string of the molecule is O=C(c1ccc(C(F)(F)F)cc1)N1CCSc2nnc(COc3ccccc3Cl)n21. The number of thioether (sulfide) groups is 1. The van der Waals surface area contributed by atoms with Crippen LogP contribution >= 0.6 is 23.4 Å². The molecule has 1 aliphatic heterocycles. The van der Waals surface area contributed by atoms with E-state index in [2.05, 4.69) is 10.2 Å². The number of para-hydroxylation sites is 1. The Balaban J connectivity index is 1.58. The van der Waals surface area contributed by atoms with E-state index in [1.54, 1.807) is 24.3 Å². The Morgan fingerprint density at radius 1 is 1.13 bits per heavy atom. The van der Waals surface area contributed by atoms with Crippen molar-refractivity contribution < 1.29 is 22.7 Å². The van der Waals surface area contributed by atoms with E-state index in [1.807, 2.05) is 0 Å². The first-order valence-corrected chi connectivity index (χ1v) is 10.1. The number of halogens is 4. The highest BCUT2D eigenvalue weighted by atomic mass is 35.5. The number of hydrogen-bond donors (Lipinski definition) is 0. The van der Waals surface area contributed by atoms with E-state index in [0.717, 1.165) is 24.3 Å². The number of benzene rings is 2. The monoisotopic (exact) mass is 454 g/mol. The summed E-state index contributed by atoms with van der Waals surface area (Å²) in [6.07, 6.45) is -4.46. The van der Waals surface area contributed by atoms with Crippen LogP contribution in [0.2, 0.25) is 5.02 Å². The fourth-order valence-electron chi connectivity index (χ4n) is 2.89. The predicted molar refractivity (Wildman–Crippen MR) is 105 cm³/mol. The summed E-state index contributed by atoms with van der Waals surface area (Å²) >= 11 is 7.52. The molecule has 0 bridgehead atoms. The maximum atomic E-state index is 13.0. The van der Waals surface area contributed by atoms with Crippen molar-refractivity contribution in [2.24, 2.45) is 0 Å². The van der Waals surface area contributed by atoms with Crippen molar-refractivity contribution >= 4 is 29.3 Å². The summed E-state index contributed by atoms with van der Waals surface area (Å²) in [5.41, 5.74) is -0.681. The lowest BCUT2D eigenvalue weighted by molar-refractivity contribution is -0.137. The minimum absolute atomic E-state index is 0.00802. The Bertz CT molecular complexity index is 1070. The van der Waals surface area contributed by atoms with Crippen LogP contribution in [0.1, 0.15) is 21.7 Å². The number of aromatic nitrogens is 3. The molecule has 1 aliphatic rings. The summed E-state index contributed by atoms with van der Waals surface area (Å²) in [7, 11) is 0. The third kappa shape index (κ3) is 4.10. The highest BCUT2D eigenvalue weighted by Crippen LogP contribution is 2.30. The van der Waals surface area contributed by atoms with Crippen molar-refractivity contribution in [1.82, 2.24) is 14.9 Å². The summed E-state index contributed by atoms with van der Waals surface area (Å²) in [4.78, 5) is 13.0. The summed E-state index contributed by atoms with van der Waals surface area (Å²) in [6.45, 7) is 0.350. The third-order valence-electron chi connectivity index (χ3n) is 4.34. The van der Waals surface area contributed by atoms with Crippen molar-refractivity contribution in [2.75, 3.05) is 17.3 Å². The Kier molecular flexibility index (Phi) is 5.61. The molecule has 0 saturated heterocycles. The van der Waals surface area contributed by atoms with Gasteiger partial charge < -0.3 is 4.74 Å². The third-order valence-corrected chi connectivity index (χ3v) is 5.55. The van der Waals surface area contributed by atoms with Gasteiger partial charge in [0.1, 0.15) is 12.4 Å². The average molecular weight is 455 g/mol. The molecule has 30 heavy (non-hydrogen) atoms. The summed E-state index contributed by atoms with van der Waals surface area (Å²) in [5.74, 6) is 0.956. The predicted octanol–water partition coefficient (Wildman–Crippen LogP) is 4.41. The number of rotatable bonds is 4. The van der Waals surface area contributed by atoms with Crippen LogP contribution in [0.25, 0.3) is 0 Å². The van der Waals surface area contributed by atoms with Gasteiger partial charge in [-0.15, -0.1) is 10.2 Å². The molecular weight excluding hydrogens is 441 g/mol. The van der Waals surface area contributed by atoms with Gasteiger partial charge >= 0.3 is 6.18 Å². The first-order chi connectivity index (χ1) is 14.3. The molecule has 0 aliphatic carbocycles. The highest BCUT2D eigenvalue weighted by Gasteiger charge is 2.32. The van der Waals surface area contributed by atoms with Gasteiger partial charge in [-0.2, -0.15) is 13.2 Å². The average Bonchev–Trinajstić information content (AvgIpc) is 3.15. The van der Waals surface area contributed by atoms with Crippen LogP contribution in [0.3, 0.4) is 0 Å². The number of fused-ring (bicyclic) bond motifs is 1. The smallest absolute Gasteiger partial charge is 0.416 e. The number of amides is 1. The van der Waals surface area contributed by atoms with Crippen LogP contribution in [0.4, 0.5) is 13.2 Å². The second-order valence-corrected chi connectivity index (χ2v) is 7.75. The topological polar surface area (TPSA) is 60.3 Å². The van der Waals surface area contributed by atoms with Gasteiger partial charge in [0.2, 0.25) is 5.16 Å². The Labute approximate surface area is 178 Å². The van der Waals surface area contributed by atoms with E-state index in [9.17, 15) is 18.0 Å². The van der Waals surface area contributed by atoms with Gasteiger partial charge in [0, 0.05) is 11.3 Å². The molecule has 1 amide bonds. The van der Waals surface area contributed by atoms with Crippen LogP contribution in [0.5, 0.6) is 5.75 Å². The summed E-state index contributed by atoms with van der Waals surface area (Å²) in [5, 5.41) is 10.5. The molecule has 0 atom stereocenters. The molecule has 3 aromatic rings. The van der Waals surface area contributed by atoms with Crippen molar-refractivity contribution in [3.63, 3.8) is 0 Å². The standard InChI is InChI=1S/C19H14ClF3N4O2S/c20-14-3-1-2-4-15(14)29-11-16-24-25-18-27(16)26(9-10-30-18)17(28)12-5-7-13(8-6-12)19(21,22)23/h1-8H,9-11H2. The van der Waals surface area contributed by atoms with Gasteiger partial charge in [-0.25, -0.2) is 9.69 Å². The fraction of sp³-hybridized carbons (Fsp3) is 0.211. The first kappa shape index (κ1) is 20.5. The van der Waals surface area contributed by atoms with E-state index in [4.69, 9.17) is 16.3 Å². The normalized spacial score (nSPS) is 13.8. The molecule has 0 spiro atoms. The first-order valence-electron chi connectivity index (χ1n) is 8.78. The molecule has 2 aromatic carbocycles. The van der Waals surface area contributed by atoms with Crippen LogP contribution in [-0.2, 0) is 12.8 Å². The molecule has 11 heteroatoms. The number of carbonyl (C=O) groups is 1. The number of ether oxygens (including phenoxy) is 1. The maximum absolute atomic E-state index is 13.0. The van der Waals surface area contributed by atoms with E-state index < -0.39 is 17.6 Å². The van der Waals surface area contributed by atoms with E-state index in [0.29, 0.717) is 34.1 Å². The molecule has 6 nitrogen and oxygen atoms in total. The molecule has 4 rings (SSSR count). The zero-order valence-electron chi connectivity index (χ0n) is 15.3. The lowest BCUT2D eigenvalue weighted by atomic mass is 10.1. The Hall–Kier alpha value is -2.72. The van der Waals surface area contributed by atoms with Crippen molar-refractivity contribution in [2.45, 2.75) is 17.9 Å². The Morgan fingerprint density at radius 2 is 1.87 bits per heavy atom. The fourth-order valence-corrected chi connectivity index (χ4v) is 3.95. The van der Waals surface area contributed by atoms with Gasteiger partial charge in [-0.3, -0.25) is 4.79 Å². The lowest BCUT2D eigenvalue weighted by Gasteiger charge is -2.29. The number of carbonyl (C=O) groups excluding carboxylic acids is 1. The molecule has 1 aromatic heterocycles. The highest BCUT2D eigenvalue weighted by molar-refractivity contribution is 7.99. The van der Waals surface area contributed by atoms with Gasteiger partial charge in [0.05, 0.1) is 17.1 Å². The minimum atomic E-state index is -4.46. The van der Waals surface area contributed by atoms with E-state index in [-0.39, 0.29) is 12.2 Å². The number of nitrogens with zero attached hydrogens (tertiary/aromatic N) is 4. The molecule has 0 radical (unpaired) electrons. The zero-order chi connectivity index (χ0) is 21.3. The van der Waals surface area contributed by atoms with Gasteiger partial charge in [-0.1, -0.05) is 35.5 Å². The Morgan fingerprint density at radius 3 is 2.57 bits per heavy atom. The van der Waals surface area contributed by atoms with Gasteiger partial charge in [0.15, 0.2) is 5.82 Å². The van der Waals surface area contributed by atoms with Crippen molar-refractivity contribution in [1.29, 1.82) is 0 Å². The van der Waals surface area contributed by atoms with Gasteiger partial charge in [0.25, 0.3) is 5.91 Å². The largest absolute Gasteiger partial charge is 0.484 e. The molecule has 0 unspecified atom stereocenters. The second kappa shape index (κ2) is 8.19. The molecule has 0 N–H and O–H groups in total. The second-order valence-electron chi connectivity index (χ2n) is 6.28. The van der Waals surface area contributed by atoms with Crippen molar-refractivity contribution in [3.05, 3.63) is 70.5 Å². The van der Waals surface area contributed by atoms with E-state index in [1.165, 1.54) is 21.4 Å². The molecule has 156 valence electrons. The lowest BCUT2D eigenvalue weighted by Crippen LogP contribution is -2.45. The quantitative estimate of drug-likeness (QED) is 0.584. The maximum Gasteiger partial charge on any atom is 0.416 e. The molecular formula is C19H14ClF3N4O2S. The van der Waals surface area contributed by atoms with E-state index >= 15 is 0 Å². The van der Waals surface area contributed by atoms with Crippen LogP contribution in [0, 0.1) is 0 Å². The number of hydrogen-bond acceptors (Lipinski definition) is 5. The summed E-state index contributed by atoms with van der Waals surface area (Å²) < 4.78 is 45.6. The molecule has 2 heterocycles. The van der Waals surface area contributed by atoms with Crippen molar-refractivity contribution in [3.8, 4) is 5.75 Å². The zero-order valence-corrected chi connectivity index (χ0v) is 16.8. The van der Waals surface area contributed by atoms with Gasteiger partial charge in [-0.05, 0) is 36.4 Å². The number of alkyl halides is 3. The molecule has 0 saturated carbocycles. The van der Waals surface area contributed by atoms with Crippen LogP contribution in [-0.4, -0.2) is 33.1 Å².